The first kappa shape index (κ1) is 21.0. The number of carbonyl (C=O) groups is 1. The van der Waals surface area contributed by atoms with Crippen LogP contribution in [0.3, 0.4) is 0 Å². The number of carbonyl (C=O) groups excluding carboxylic acids is 1. The average Bonchev–Trinajstić information content (AvgIpc) is 2.77. The first-order chi connectivity index (χ1) is 14.2. The standard InChI is InChI=1S/C23H30N2O4/c1-27-20-12-11-19(21(28-2)22(20)29-3)15-24-23(26)18-9-7-17(8-10-18)16-25-13-5-4-6-14-25/h7-12H,4-6,13-16H2,1-3H3,(H,24,26). The Morgan fingerprint density at radius 1 is 0.897 bits per heavy atom. The molecule has 0 unspecified atom stereocenters. The Hall–Kier alpha value is -2.73. The van der Waals surface area contributed by atoms with Crippen LogP contribution < -0.4 is 19.5 Å². The van der Waals surface area contributed by atoms with Crippen LogP contribution >= 0.6 is 0 Å². The molecule has 3 rings (SSSR count). The molecule has 0 radical (unpaired) electrons. The van der Waals surface area contributed by atoms with E-state index in [2.05, 4.69) is 10.2 Å². The smallest absolute Gasteiger partial charge is 0.251 e. The van der Waals surface area contributed by atoms with Crippen LogP contribution in [0.4, 0.5) is 0 Å². The van der Waals surface area contributed by atoms with Gasteiger partial charge in [-0.15, -0.1) is 0 Å². The van der Waals surface area contributed by atoms with Gasteiger partial charge in [-0.25, -0.2) is 0 Å². The van der Waals surface area contributed by atoms with E-state index in [1.807, 2.05) is 30.3 Å². The minimum Gasteiger partial charge on any atom is -0.493 e. The van der Waals surface area contributed by atoms with Gasteiger partial charge in [0, 0.05) is 24.2 Å². The fourth-order valence-corrected chi connectivity index (χ4v) is 3.72. The van der Waals surface area contributed by atoms with E-state index in [9.17, 15) is 4.79 Å². The van der Waals surface area contributed by atoms with Crippen LogP contribution in [0.2, 0.25) is 0 Å². The highest BCUT2D eigenvalue weighted by Crippen LogP contribution is 2.39. The number of amides is 1. The fourth-order valence-electron chi connectivity index (χ4n) is 3.72. The molecule has 0 spiro atoms. The van der Waals surface area contributed by atoms with E-state index in [-0.39, 0.29) is 5.91 Å². The molecule has 1 aliphatic rings. The summed E-state index contributed by atoms with van der Waals surface area (Å²) < 4.78 is 16.2. The second-order valence-electron chi connectivity index (χ2n) is 7.21. The van der Waals surface area contributed by atoms with Gasteiger partial charge in [-0.05, 0) is 55.8 Å². The lowest BCUT2D eigenvalue weighted by atomic mass is 10.1. The van der Waals surface area contributed by atoms with E-state index in [1.54, 1.807) is 27.4 Å². The number of ether oxygens (including phenoxy) is 3. The number of rotatable bonds is 8. The number of hydrogen-bond donors (Lipinski definition) is 1. The molecule has 1 N–H and O–H groups in total. The number of benzene rings is 2. The quantitative estimate of drug-likeness (QED) is 0.736. The molecule has 0 atom stereocenters. The molecule has 0 aliphatic carbocycles. The van der Waals surface area contributed by atoms with E-state index in [1.165, 1.54) is 24.8 Å². The lowest BCUT2D eigenvalue weighted by molar-refractivity contribution is 0.0950. The maximum atomic E-state index is 12.6. The largest absolute Gasteiger partial charge is 0.493 e. The molecule has 0 saturated carbocycles. The van der Waals surface area contributed by atoms with Crippen molar-refractivity contribution in [2.24, 2.45) is 0 Å². The van der Waals surface area contributed by atoms with Crippen molar-refractivity contribution in [2.45, 2.75) is 32.4 Å². The third-order valence-corrected chi connectivity index (χ3v) is 5.30. The van der Waals surface area contributed by atoms with Gasteiger partial charge in [-0.3, -0.25) is 9.69 Å². The lowest BCUT2D eigenvalue weighted by Gasteiger charge is -2.26. The molecule has 1 heterocycles. The van der Waals surface area contributed by atoms with Crippen LogP contribution in [-0.2, 0) is 13.1 Å². The Labute approximate surface area is 172 Å². The maximum Gasteiger partial charge on any atom is 0.251 e. The molecule has 6 nitrogen and oxygen atoms in total. The van der Waals surface area contributed by atoms with E-state index in [0.717, 1.165) is 25.2 Å². The molecule has 2 aromatic rings. The van der Waals surface area contributed by atoms with Gasteiger partial charge in [0.1, 0.15) is 0 Å². The molecule has 1 aliphatic heterocycles. The number of hydrogen-bond acceptors (Lipinski definition) is 5. The third-order valence-electron chi connectivity index (χ3n) is 5.30. The minimum atomic E-state index is -0.119. The topological polar surface area (TPSA) is 60.0 Å². The van der Waals surface area contributed by atoms with Crippen molar-refractivity contribution in [3.05, 3.63) is 53.1 Å². The first-order valence-corrected chi connectivity index (χ1v) is 10.0. The molecule has 156 valence electrons. The van der Waals surface area contributed by atoms with E-state index in [4.69, 9.17) is 14.2 Å². The van der Waals surface area contributed by atoms with Crippen LogP contribution in [0, 0.1) is 0 Å². The van der Waals surface area contributed by atoms with E-state index in [0.29, 0.717) is 29.4 Å². The Balaban J connectivity index is 1.62. The summed E-state index contributed by atoms with van der Waals surface area (Å²) in [5.41, 5.74) is 2.71. The molecule has 0 bridgehead atoms. The summed E-state index contributed by atoms with van der Waals surface area (Å²) >= 11 is 0. The summed E-state index contributed by atoms with van der Waals surface area (Å²) in [5.74, 6) is 1.54. The Morgan fingerprint density at radius 3 is 2.21 bits per heavy atom. The minimum absolute atomic E-state index is 0.119. The first-order valence-electron chi connectivity index (χ1n) is 10.0. The predicted molar refractivity (Wildman–Crippen MR) is 113 cm³/mol. The zero-order valence-corrected chi connectivity index (χ0v) is 17.5. The summed E-state index contributed by atoms with van der Waals surface area (Å²) in [7, 11) is 4.71. The Bertz CT molecular complexity index is 814. The summed E-state index contributed by atoms with van der Waals surface area (Å²) in [4.78, 5) is 15.1. The monoisotopic (exact) mass is 398 g/mol. The molecule has 1 fully saturated rings. The van der Waals surface area contributed by atoms with Gasteiger partial charge in [0.05, 0.1) is 21.3 Å². The van der Waals surface area contributed by atoms with Crippen LogP contribution in [0.25, 0.3) is 0 Å². The van der Waals surface area contributed by atoms with Crippen LogP contribution in [-0.4, -0.2) is 45.2 Å². The SMILES string of the molecule is COc1ccc(CNC(=O)c2ccc(CN3CCCCC3)cc2)c(OC)c1OC. The van der Waals surface area contributed by atoms with Crippen molar-refractivity contribution in [2.75, 3.05) is 34.4 Å². The number of likely N-dealkylation sites (tertiary alicyclic amines) is 1. The molecular formula is C23H30N2O4. The van der Waals surface area contributed by atoms with Crippen molar-refractivity contribution in [1.82, 2.24) is 10.2 Å². The van der Waals surface area contributed by atoms with Gasteiger partial charge in [-0.2, -0.15) is 0 Å². The van der Waals surface area contributed by atoms with Gasteiger partial charge in [0.15, 0.2) is 11.5 Å². The second kappa shape index (κ2) is 10.2. The molecular weight excluding hydrogens is 368 g/mol. The number of nitrogens with one attached hydrogen (secondary N) is 1. The van der Waals surface area contributed by atoms with Crippen LogP contribution in [0.15, 0.2) is 36.4 Å². The van der Waals surface area contributed by atoms with Gasteiger partial charge in [-0.1, -0.05) is 18.6 Å². The number of nitrogens with zero attached hydrogens (tertiary/aromatic N) is 1. The molecule has 2 aromatic carbocycles. The van der Waals surface area contributed by atoms with E-state index >= 15 is 0 Å². The number of methoxy groups -OCH3 is 3. The fraction of sp³-hybridized carbons (Fsp3) is 0.435. The highest BCUT2D eigenvalue weighted by Gasteiger charge is 2.17. The van der Waals surface area contributed by atoms with E-state index < -0.39 is 0 Å². The van der Waals surface area contributed by atoms with Gasteiger partial charge in [0.25, 0.3) is 5.91 Å². The van der Waals surface area contributed by atoms with Crippen molar-refractivity contribution < 1.29 is 19.0 Å². The molecule has 1 saturated heterocycles. The summed E-state index contributed by atoms with van der Waals surface area (Å²) in [6.07, 6.45) is 3.89. The van der Waals surface area contributed by atoms with Crippen molar-refractivity contribution in [3.63, 3.8) is 0 Å². The third kappa shape index (κ3) is 5.21. The number of piperidine rings is 1. The second-order valence-corrected chi connectivity index (χ2v) is 7.21. The highest BCUT2D eigenvalue weighted by atomic mass is 16.5. The average molecular weight is 399 g/mol. The Morgan fingerprint density at radius 2 is 1.59 bits per heavy atom. The Kier molecular flexibility index (Phi) is 7.36. The molecule has 1 amide bonds. The highest BCUT2D eigenvalue weighted by molar-refractivity contribution is 5.94. The predicted octanol–water partition coefficient (Wildman–Crippen LogP) is 3.63. The van der Waals surface area contributed by atoms with Gasteiger partial charge >= 0.3 is 0 Å². The van der Waals surface area contributed by atoms with Crippen molar-refractivity contribution >= 4 is 5.91 Å². The van der Waals surface area contributed by atoms with Gasteiger partial charge in [0.2, 0.25) is 5.75 Å². The van der Waals surface area contributed by atoms with Crippen molar-refractivity contribution in [3.8, 4) is 17.2 Å². The maximum absolute atomic E-state index is 12.6. The van der Waals surface area contributed by atoms with Gasteiger partial charge < -0.3 is 19.5 Å². The van der Waals surface area contributed by atoms with Crippen LogP contribution in [0.5, 0.6) is 17.2 Å². The zero-order valence-electron chi connectivity index (χ0n) is 17.5. The lowest BCUT2D eigenvalue weighted by Crippen LogP contribution is -2.29. The molecule has 6 heteroatoms. The summed E-state index contributed by atoms with van der Waals surface area (Å²) in [5, 5.41) is 2.95. The normalized spacial score (nSPS) is 14.3. The summed E-state index contributed by atoms with van der Waals surface area (Å²) in [6, 6.07) is 11.5. The molecule has 0 aromatic heterocycles. The summed E-state index contributed by atoms with van der Waals surface area (Å²) in [6.45, 7) is 3.60. The van der Waals surface area contributed by atoms with Crippen molar-refractivity contribution in [1.29, 1.82) is 0 Å². The molecule has 29 heavy (non-hydrogen) atoms. The van der Waals surface area contributed by atoms with Crippen LogP contribution in [0.1, 0.15) is 40.7 Å². The zero-order chi connectivity index (χ0) is 20.6.